The lowest BCUT2D eigenvalue weighted by Crippen LogP contribution is -2.26. The van der Waals surface area contributed by atoms with Gasteiger partial charge in [-0.3, -0.25) is 4.99 Å². The first-order chi connectivity index (χ1) is 7.18. The van der Waals surface area contributed by atoms with E-state index in [2.05, 4.69) is 9.98 Å². The van der Waals surface area contributed by atoms with Crippen molar-refractivity contribution in [3.05, 3.63) is 0 Å². The fourth-order valence-corrected chi connectivity index (χ4v) is 1.06. The molecule has 0 saturated heterocycles. The monoisotopic (exact) mass is 213 g/mol. The van der Waals surface area contributed by atoms with E-state index in [9.17, 15) is 0 Å². The highest BCUT2D eigenvalue weighted by atomic mass is 16.5. The van der Waals surface area contributed by atoms with E-state index in [1.54, 1.807) is 0 Å². The van der Waals surface area contributed by atoms with Crippen molar-refractivity contribution >= 4 is 11.9 Å². The molecule has 0 aromatic rings. The molecule has 15 heavy (non-hydrogen) atoms. The van der Waals surface area contributed by atoms with Gasteiger partial charge in [-0.05, 0) is 25.2 Å². The molecule has 86 valence electrons. The van der Waals surface area contributed by atoms with E-state index in [1.165, 1.54) is 12.8 Å². The Labute approximate surface area is 89.6 Å². The molecule has 6 nitrogen and oxygen atoms in total. The molecule has 0 bridgehead atoms. The first kappa shape index (κ1) is 11.8. The number of ether oxygens (including phenoxy) is 1. The molecule has 0 spiro atoms. The maximum atomic E-state index is 5.43. The standard InChI is InChI=1S/C9H19N5O/c10-8(11)14-9(12)13-4-1-5-15-6-7-2-3-7/h7H,1-6H2,(H6,10,11,12,13,14). The second-order valence-corrected chi connectivity index (χ2v) is 3.65. The molecule has 0 amide bonds. The average molecular weight is 213 g/mol. The molecule has 0 heterocycles. The second kappa shape index (κ2) is 6.23. The van der Waals surface area contributed by atoms with E-state index < -0.39 is 0 Å². The minimum absolute atomic E-state index is 0.0683. The van der Waals surface area contributed by atoms with Crippen LogP contribution in [0.4, 0.5) is 0 Å². The number of aliphatic imine (C=N–C) groups is 2. The number of hydrogen-bond donors (Lipinski definition) is 3. The lowest BCUT2D eigenvalue weighted by molar-refractivity contribution is 0.123. The highest BCUT2D eigenvalue weighted by Gasteiger charge is 2.20. The van der Waals surface area contributed by atoms with E-state index in [4.69, 9.17) is 21.9 Å². The molecule has 6 heteroatoms. The molecular formula is C9H19N5O. The van der Waals surface area contributed by atoms with E-state index in [1.807, 2.05) is 0 Å². The second-order valence-electron chi connectivity index (χ2n) is 3.65. The molecule has 0 unspecified atom stereocenters. The van der Waals surface area contributed by atoms with Gasteiger partial charge in [0.25, 0.3) is 0 Å². The Morgan fingerprint density at radius 3 is 2.60 bits per heavy atom. The Morgan fingerprint density at radius 1 is 1.27 bits per heavy atom. The fourth-order valence-electron chi connectivity index (χ4n) is 1.06. The van der Waals surface area contributed by atoms with Crippen LogP contribution in [0.2, 0.25) is 0 Å². The third-order valence-corrected chi connectivity index (χ3v) is 2.01. The Kier molecular flexibility index (Phi) is 4.89. The van der Waals surface area contributed by atoms with Crippen LogP contribution in [0.25, 0.3) is 0 Å². The van der Waals surface area contributed by atoms with Crippen LogP contribution in [-0.4, -0.2) is 31.7 Å². The van der Waals surface area contributed by atoms with Crippen molar-refractivity contribution in [1.29, 1.82) is 0 Å². The molecule has 1 rings (SSSR count). The first-order valence-corrected chi connectivity index (χ1v) is 5.16. The number of nitrogens with zero attached hydrogens (tertiary/aromatic N) is 2. The Morgan fingerprint density at radius 2 is 2.00 bits per heavy atom. The highest BCUT2D eigenvalue weighted by Crippen LogP contribution is 2.28. The van der Waals surface area contributed by atoms with Crippen molar-refractivity contribution in [2.24, 2.45) is 33.1 Å². The van der Waals surface area contributed by atoms with Crippen molar-refractivity contribution < 1.29 is 4.74 Å². The molecule has 0 aromatic carbocycles. The average Bonchev–Trinajstić information content (AvgIpc) is 2.93. The van der Waals surface area contributed by atoms with Crippen LogP contribution >= 0.6 is 0 Å². The zero-order valence-electron chi connectivity index (χ0n) is 8.85. The van der Waals surface area contributed by atoms with Gasteiger partial charge in [0.2, 0.25) is 5.96 Å². The van der Waals surface area contributed by atoms with E-state index >= 15 is 0 Å². The van der Waals surface area contributed by atoms with Crippen molar-refractivity contribution in [2.75, 3.05) is 19.8 Å². The van der Waals surface area contributed by atoms with Crippen LogP contribution in [-0.2, 0) is 4.74 Å². The van der Waals surface area contributed by atoms with Gasteiger partial charge in [0.1, 0.15) is 0 Å². The van der Waals surface area contributed by atoms with Crippen LogP contribution in [0.5, 0.6) is 0 Å². The lowest BCUT2D eigenvalue weighted by atomic mass is 10.4. The maximum absolute atomic E-state index is 5.43. The van der Waals surface area contributed by atoms with Crippen LogP contribution in [0.1, 0.15) is 19.3 Å². The summed E-state index contributed by atoms with van der Waals surface area (Å²) in [6.07, 6.45) is 3.47. The molecule has 0 atom stereocenters. The first-order valence-electron chi connectivity index (χ1n) is 5.16. The van der Waals surface area contributed by atoms with Crippen molar-refractivity contribution in [3.8, 4) is 0 Å². The number of nitrogens with two attached hydrogens (primary N) is 3. The molecule has 0 aromatic heterocycles. The van der Waals surface area contributed by atoms with Gasteiger partial charge in [0.15, 0.2) is 5.96 Å². The summed E-state index contributed by atoms with van der Waals surface area (Å²) in [6, 6.07) is 0. The molecule has 1 aliphatic carbocycles. The van der Waals surface area contributed by atoms with Crippen LogP contribution < -0.4 is 17.2 Å². The van der Waals surface area contributed by atoms with Gasteiger partial charge in [0.05, 0.1) is 0 Å². The van der Waals surface area contributed by atoms with Gasteiger partial charge in [-0.2, -0.15) is 4.99 Å². The smallest absolute Gasteiger partial charge is 0.218 e. The SMILES string of the molecule is NC(N)=NC(N)=NCCCOCC1CC1. The van der Waals surface area contributed by atoms with Crippen LogP contribution in [0.3, 0.4) is 0 Å². The lowest BCUT2D eigenvalue weighted by Gasteiger charge is -2.00. The molecule has 1 saturated carbocycles. The number of hydrogen-bond acceptors (Lipinski definition) is 2. The summed E-state index contributed by atoms with van der Waals surface area (Å²) in [5.41, 5.74) is 15.7. The van der Waals surface area contributed by atoms with E-state index in [0.29, 0.717) is 6.54 Å². The zero-order chi connectivity index (χ0) is 11.1. The summed E-state index contributed by atoms with van der Waals surface area (Å²) < 4.78 is 5.43. The summed E-state index contributed by atoms with van der Waals surface area (Å²) >= 11 is 0. The van der Waals surface area contributed by atoms with E-state index in [0.717, 1.165) is 25.6 Å². The van der Waals surface area contributed by atoms with Crippen molar-refractivity contribution in [2.45, 2.75) is 19.3 Å². The summed E-state index contributed by atoms with van der Waals surface area (Å²) in [4.78, 5) is 7.56. The van der Waals surface area contributed by atoms with Crippen LogP contribution in [0, 0.1) is 5.92 Å². The molecule has 0 radical (unpaired) electrons. The Balaban J connectivity index is 1.96. The topological polar surface area (TPSA) is 112 Å². The predicted octanol–water partition coefficient (Wildman–Crippen LogP) is -0.609. The summed E-state index contributed by atoms with van der Waals surface area (Å²) in [6.45, 7) is 2.19. The Bertz CT molecular complexity index is 243. The summed E-state index contributed by atoms with van der Waals surface area (Å²) in [7, 11) is 0. The third-order valence-electron chi connectivity index (χ3n) is 2.01. The molecule has 1 aliphatic rings. The number of guanidine groups is 2. The van der Waals surface area contributed by atoms with Gasteiger partial charge in [0, 0.05) is 19.8 Å². The largest absolute Gasteiger partial charge is 0.381 e. The summed E-state index contributed by atoms with van der Waals surface area (Å²) in [5.74, 6) is 0.860. The molecular weight excluding hydrogens is 194 g/mol. The third kappa shape index (κ3) is 6.73. The molecule has 0 aliphatic heterocycles. The van der Waals surface area contributed by atoms with Crippen LogP contribution in [0.15, 0.2) is 9.98 Å². The normalized spacial score (nSPS) is 16.4. The van der Waals surface area contributed by atoms with Crippen molar-refractivity contribution in [3.63, 3.8) is 0 Å². The van der Waals surface area contributed by atoms with E-state index in [-0.39, 0.29) is 11.9 Å². The maximum Gasteiger partial charge on any atom is 0.218 e. The quantitative estimate of drug-likeness (QED) is 0.310. The fraction of sp³-hybridized carbons (Fsp3) is 0.778. The molecule has 6 N–H and O–H groups in total. The zero-order valence-corrected chi connectivity index (χ0v) is 8.85. The van der Waals surface area contributed by atoms with Gasteiger partial charge in [-0.15, -0.1) is 0 Å². The Hall–Kier alpha value is -1.30. The van der Waals surface area contributed by atoms with Crippen molar-refractivity contribution in [1.82, 2.24) is 0 Å². The number of rotatable bonds is 6. The van der Waals surface area contributed by atoms with Gasteiger partial charge >= 0.3 is 0 Å². The minimum atomic E-state index is -0.0683. The van der Waals surface area contributed by atoms with Gasteiger partial charge in [-0.25, -0.2) is 0 Å². The van der Waals surface area contributed by atoms with Gasteiger partial charge < -0.3 is 21.9 Å². The van der Waals surface area contributed by atoms with Gasteiger partial charge in [-0.1, -0.05) is 0 Å². The predicted molar refractivity (Wildman–Crippen MR) is 60.5 cm³/mol. The highest BCUT2D eigenvalue weighted by molar-refractivity contribution is 5.92. The summed E-state index contributed by atoms with van der Waals surface area (Å²) in [5, 5.41) is 0. The minimum Gasteiger partial charge on any atom is -0.381 e. The molecule has 1 fully saturated rings.